The number of alkyl halides is 3. The second-order valence-corrected chi connectivity index (χ2v) is 6.98. The van der Waals surface area contributed by atoms with Crippen molar-refractivity contribution in [2.45, 2.75) is 6.18 Å². The van der Waals surface area contributed by atoms with E-state index in [4.69, 9.17) is 9.47 Å². The van der Waals surface area contributed by atoms with Gasteiger partial charge in [0.25, 0.3) is 11.8 Å². The molecule has 0 aromatic heterocycles. The van der Waals surface area contributed by atoms with E-state index < -0.39 is 24.3 Å². The number of hydrogen-bond acceptors (Lipinski definition) is 4. The van der Waals surface area contributed by atoms with Crippen LogP contribution in [0, 0.1) is 0 Å². The second-order valence-electron chi connectivity index (χ2n) is 6.98. The number of hydrogen-bond donors (Lipinski definition) is 1. The van der Waals surface area contributed by atoms with E-state index in [9.17, 15) is 22.8 Å². The Bertz CT molecular complexity index is 1130. The van der Waals surface area contributed by atoms with Crippen LogP contribution in [0.25, 0.3) is 0 Å². The lowest BCUT2D eigenvalue weighted by molar-refractivity contribution is -0.137. The fraction of sp³-hybridized carbons (Fsp3) is 0.167. The zero-order chi connectivity index (χ0) is 24.0. The molecule has 0 bridgehead atoms. The van der Waals surface area contributed by atoms with Crippen molar-refractivity contribution in [1.29, 1.82) is 0 Å². The van der Waals surface area contributed by atoms with Crippen LogP contribution < -0.4 is 19.7 Å². The van der Waals surface area contributed by atoms with E-state index in [1.165, 1.54) is 36.3 Å². The first-order chi connectivity index (χ1) is 15.7. The minimum Gasteiger partial charge on any atom is -0.495 e. The molecule has 0 unspecified atom stereocenters. The normalized spacial score (nSPS) is 10.9. The Balaban J connectivity index is 1.58. The largest absolute Gasteiger partial charge is 0.495 e. The summed E-state index contributed by atoms with van der Waals surface area (Å²) in [6.07, 6.45) is -4.50. The number of methoxy groups -OCH3 is 1. The Labute approximate surface area is 188 Å². The summed E-state index contributed by atoms with van der Waals surface area (Å²) < 4.78 is 49.0. The molecule has 0 atom stereocenters. The van der Waals surface area contributed by atoms with Crippen LogP contribution in [0.2, 0.25) is 0 Å². The second kappa shape index (κ2) is 10.1. The standard InChI is InChI=1S/C24H21F3N2O4/c1-29(20-8-3-4-9-21(20)32-2)23(31)16-10-12-19(13-11-16)33-15-22(30)28-18-7-5-6-17(14-18)24(25,26)27/h3-14H,15H2,1-2H3,(H,28,30). The van der Waals surface area contributed by atoms with Crippen LogP contribution in [0.15, 0.2) is 72.8 Å². The average Bonchev–Trinajstić information content (AvgIpc) is 2.81. The minimum absolute atomic E-state index is 0.0127. The lowest BCUT2D eigenvalue weighted by Gasteiger charge is -2.20. The van der Waals surface area contributed by atoms with Crippen molar-refractivity contribution in [2.24, 2.45) is 0 Å². The SMILES string of the molecule is COc1ccccc1N(C)C(=O)c1ccc(OCC(=O)Nc2cccc(C(F)(F)F)c2)cc1. The molecule has 0 heterocycles. The van der Waals surface area contributed by atoms with Crippen LogP contribution in [0.5, 0.6) is 11.5 Å². The lowest BCUT2D eigenvalue weighted by atomic mass is 10.1. The Hall–Kier alpha value is -4.01. The number of carbonyl (C=O) groups is 2. The molecule has 0 fully saturated rings. The lowest BCUT2D eigenvalue weighted by Crippen LogP contribution is -2.26. The molecular formula is C24H21F3N2O4. The number of rotatable bonds is 7. The maximum atomic E-state index is 12.8. The minimum atomic E-state index is -4.50. The summed E-state index contributed by atoms with van der Waals surface area (Å²) in [5.41, 5.74) is 0.152. The van der Waals surface area contributed by atoms with Gasteiger partial charge in [0.2, 0.25) is 0 Å². The first-order valence-corrected chi connectivity index (χ1v) is 9.80. The number of nitrogens with zero attached hydrogens (tertiary/aromatic N) is 1. The molecular weight excluding hydrogens is 437 g/mol. The van der Waals surface area contributed by atoms with Crippen molar-refractivity contribution < 1.29 is 32.2 Å². The van der Waals surface area contributed by atoms with Crippen LogP contribution in [0.1, 0.15) is 15.9 Å². The molecule has 0 aliphatic carbocycles. The van der Waals surface area contributed by atoms with Gasteiger partial charge in [-0.2, -0.15) is 13.2 Å². The molecule has 0 saturated carbocycles. The molecule has 0 aliphatic heterocycles. The van der Waals surface area contributed by atoms with Gasteiger partial charge >= 0.3 is 6.18 Å². The smallest absolute Gasteiger partial charge is 0.416 e. The Morgan fingerprint density at radius 1 is 0.970 bits per heavy atom. The van der Waals surface area contributed by atoms with Gasteiger partial charge in [-0.25, -0.2) is 0 Å². The van der Waals surface area contributed by atoms with Crippen LogP contribution in [-0.4, -0.2) is 32.6 Å². The third-order valence-electron chi connectivity index (χ3n) is 4.70. The van der Waals surface area contributed by atoms with Gasteiger partial charge < -0.3 is 19.7 Å². The molecule has 3 aromatic carbocycles. The Kier molecular flexibility index (Phi) is 7.22. The number of nitrogens with one attached hydrogen (secondary N) is 1. The molecule has 2 amide bonds. The maximum Gasteiger partial charge on any atom is 0.416 e. The monoisotopic (exact) mass is 458 g/mol. The van der Waals surface area contributed by atoms with Crippen molar-refractivity contribution in [3.05, 3.63) is 83.9 Å². The summed E-state index contributed by atoms with van der Waals surface area (Å²) >= 11 is 0. The quantitative estimate of drug-likeness (QED) is 0.541. The van der Waals surface area contributed by atoms with Crippen LogP contribution in [-0.2, 0) is 11.0 Å². The molecule has 3 aromatic rings. The summed E-state index contributed by atoms with van der Waals surface area (Å²) in [7, 11) is 3.15. The zero-order valence-electron chi connectivity index (χ0n) is 17.8. The van der Waals surface area contributed by atoms with Gasteiger partial charge in [0, 0.05) is 18.3 Å². The van der Waals surface area contributed by atoms with Gasteiger partial charge in [-0.3, -0.25) is 9.59 Å². The van der Waals surface area contributed by atoms with Crippen molar-refractivity contribution >= 4 is 23.2 Å². The maximum absolute atomic E-state index is 12.8. The van der Waals surface area contributed by atoms with E-state index in [-0.39, 0.29) is 11.6 Å². The van der Waals surface area contributed by atoms with Gasteiger partial charge in [0.15, 0.2) is 6.61 Å². The summed E-state index contributed by atoms with van der Waals surface area (Å²) in [6.45, 7) is -0.412. The van der Waals surface area contributed by atoms with Gasteiger partial charge in [-0.15, -0.1) is 0 Å². The molecule has 172 valence electrons. The molecule has 33 heavy (non-hydrogen) atoms. The van der Waals surface area contributed by atoms with E-state index >= 15 is 0 Å². The van der Waals surface area contributed by atoms with E-state index in [1.807, 2.05) is 0 Å². The highest BCUT2D eigenvalue weighted by Gasteiger charge is 2.30. The van der Waals surface area contributed by atoms with E-state index in [2.05, 4.69) is 5.32 Å². The summed E-state index contributed by atoms with van der Waals surface area (Å²) in [4.78, 5) is 26.3. The number of benzene rings is 3. The average molecular weight is 458 g/mol. The van der Waals surface area contributed by atoms with Crippen molar-refractivity contribution in [3.63, 3.8) is 0 Å². The number of para-hydroxylation sites is 2. The molecule has 0 saturated heterocycles. The molecule has 0 radical (unpaired) electrons. The van der Waals surface area contributed by atoms with Gasteiger partial charge in [-0.05, 0) is 54.6 Å². The van der Waals surface area contributed by atoms with Crippen molar-refractivity contribution in [2.75, 3.05) is 31.0 Å². The Morgan fingerprint density at radius 2 is 1.67 bits per heavy atom. The van der Waals surface area contributed by atoms with Crippen molar-refractivity contribution in [3.8, 4) is 11.5 Å². The number of halogens is 3. The third kappa shape index (κ3) is 6.03. The van der Waals surface area contributed by atoms with E-state index in [1.54, 1.807) is 43.4 Å². The number of anilines is 2. The van der Waals surface area contributed by atoms with E-state index in [0.717, 1.165) is 12.1 Å². The summed E-state index contributed by atoms with van der Waals surface area (Å²) in [5.74, 6) is -0.00973. The topological polar surface area (TPSA) is 67.9 Å². The van der Waals surface area contributed by atoms with Gasteiger partial charge in [-0.1, -0.05) is 18.2 Å². The third-order valence-corrected chi connectivity index (χ3v) is 4.70. The van der Waals surface area contributed by atoms with Gasteiger partial charge in [0.1, 0.15) is 11.5 Å². The first-order valence-electron chi connectivity index (χ1n) is 9.80. The fourth-order valence-corrected chi connectivity index (χ4v) is 3.02. The molecule has 6 nitrogen and oxygen atoms in total. The Morgan fingerprint density at radius 3 is 2.33 bits per heavy atom. The number of amides is 2. The van der Waals surface area contributed by atoms with E-state index in [0.29, 0.717) is 22.7 Å². The summed E-state index contributed by atoms with van der Waals surface area (Å²) in [6, 6.07) is 17.6. The summed E-state index contributed by atoms with van der Waals surface area (Å²) in [5, 5.41) is 2.36. The van der Waals surface area contributed by atoms with Gasteiger partial charge in [0.05, 0.1) is 18.4 Å². The van der Waals surface area contributed by atoms with Crippen LogP contribution in [0.3, 0.4) is 0 Å². The first kappa shape index (κ1) is 23.6. The molecule has 0 spiro atoms. The molecule has 9 heteroatoms. The number of carbonyl (C=O) groups excluding carboxylic acids is 2. The van der Waals surface area contributed by atoms with Crippen molar-refractivity contribution in [1.82, 2.24) is 0 Å². The molecule has 3 rings (SSSR count). The molecule has 0 aliphatic rings. The zero-order valence-corrected chi connectivity index (χ0v) is 17.8. The van der Waals surface area contributed by atoms with Crippen LogP contribution >= 0.6 is 0 Å². The highest BCUT2D eigenvalue weighted by Crippen LogP contribution is 2.31. The number of ether oxygens (including phenoxy) is 2. The predicted octanol–water partition coefficient (Wildman–Crippen LogP) is 5.01. The fourth-order valence-electron chi connectivity index (χ4n) is 3.02. The highest BCUT2D eigenvalue weighted by molar-refractivity contribution is 6.06. The molecule has 1 N–H and O–H groups in total. The highest BCUT2D eigenvalue weighted by atomic mass is 19.4. The predicted molar refractivity (Wildman–Crippen MR) is 118 cm³/mol. The van der Waals surface area contributed by atoms with Crippen LogP contribution in [0.4, 0.5) is 24.5 Å².